The molecule has 0 bridgehead atoms. The van der Waals surface area contributed by atoms with Crippen molar-refractivity contribution in [1.82, 2.24) is 15.0 Å². The Morgan fingerprint density at radius 3 is 2.54 bits per heavy atom. The Bertz CT molecular complexity index is 1050. The average Bonchev–Trinajstić information content (AvgIpc) is 3.03. The van der Waals surface area contributed by atoms with Crippen LogP contribution in [0.25, 0.3) is 22.6 Å². The highest BCUT2D eigenvalue weighted by molar-refractivity contribution is 7.92. The van der Waals surface area contributed by atoms with Crippen LogP contribution in [0.4, 0.5) is 18.9 Å². The van der Waals surface area contributed by atoms with Crippen molar-refractivity contribution in [3.63, 3.8) is 0 Å². The summed E-state index contributed by atoms with van der Waals surface area (Å²) in [7, 11) is -3.46. The Morgan fingerprint density at radius 1 is 1.08 bits per heavy atom. The van der Waals surface area contributed by atoms with Crippen LogP contribution in [0.1, 0.15) is 5.56 Å². The van der Waals surface area contributed by atoms with Crippen LogP contribution in [0.3, 0.4) is 0 Å². The van der Waals surface area contributed by atoms with Crippen molar-refractivity contribution >= 4 is 15.7 Å². The molecule has 0 amide bonds. The standard InChI is InChI=1S/C16H13F3N4O2S/c1-26(24,25)23-13-6-11(7-20-8-13)15-21-9-14(22-15)10-3-2-4-12(5-10)16(17,18)19/h2-9,23H,1H3,(H,21,22). The number of imidazole rings is 1. The summed E-state index contributed by atoms with van der Waals surface area (Å²) in [5.74, 6) is 0.349. The molecule has 0 radical (unpaired) electrons. The summed E-state index contributed by atoms with van der Waals surface area (Å²) in [5.41, 5.74) is 0.704. The summed E-state index contributed by atoms with van der Waals surface area (Å²) in [5, 5.41) is 0. The third-order valence-corrected chi connectivity index (χ3v) is 4.00. The second-order valence-corrected chi connectivity index (χ2v) is 7.31. The van der Waals surface area contributed by atoms with Crippen LogP contribution in [-0.4, -0.2) is 29.6 Å². The van der Waals surface area contributed by atoms with Gasteiger partial charge in [-0.25, -0.2) is 13.4 Å². The Hall–Kier alpha value is -2.88. The molecule has 3 aromatic rings. The molecule has 0 spiro atoms. The minimum absolute atomic E-state index is 0.252. The second kappa shape index (κ2) is 6.45. The number of aromatic amines is 1. The Kier molecular flexibility index (Phi) is 4.45. The lowest BCUT2D eigenvalue weighted by molar-refractivity contribution is -0.137. The number of benzene rings is 1. The predicted molar refractivity (Wildman–Crippen MR) is 90.7 cm³/mol. The molecule has 0 fully saturated rings. The van der Waals surface area contributed by atoms with Crippen LogP contribution in [0.5, 0.6) is 0 Å². The quantitative estimate of drug-likeness (QED) is 0.723. The molecular weight excluding hydrogens is 369 g/mol. The number of sulfonamides is 1. The molecule has 10 heteroatoms. The van der Waals surface area contributed by atoms with Crippen molar-refractivity contribution in [2.75, 3.05) is 11.0 Å². The summed E-state index contributed by atoms with van der Waals surface area (Å²) >= 11 is 0. The number of nitrogens with one attached hydrogen (secondary N) is 2. The van der Waals surface area contributed by atoms with Crippen molar-refractivity contribution in [3.05, 3.63) is 54.5 Å². The molecule has 3 rings (SSSR count). The van der Waals surface area contributed by atoms with Gasteiger partial charge in [-0.1, -0.05) is 12.1 Å². The average molecular weight is 382 g/mol. The molecule has 26 heavy (non-hydrogen) atoms. The van der Waals surface area contributed by atoms with E-state index in [1.807, 2.05) is 0 Å². The molecule has 0 aliphatic carbocycles. The topological polar surface area (TPSA) is 87.7 Å². The first-order chi connectivity index (χ1) is 12.1. The highest BCUT2D eigenvalue weighted by Gasteiger charge is 2.30. The van der Waals surface area contributed by atoms with E-state index in [4.69, 9.17) is 0 Å². The fourth-order valence-corrected chi connectivity index (χ4v) is 2.86. The van der Waals surface area contributed by atoms with Gasteiger partial charge in [-0.3, -0.25) is 9.71 Å². The first kappa shape index (κ1) is 17.9. The molecule has 2 aromatic heterocycles. The maximum absolute atomic E-state index is 12.8. The molecule has 136 valence electrons. The van der Waals surface area contributed by atoms with Gasteiger partial charge in [-0.05, 0) is 18.2 Å². The number of nitrogens with zero attached hydrogens (tertiary/aromatic N) is 2. The normalized spacial score (nSPS) is 12.2. The van der Waals surface area contributed by atoms with Gasteiger partial charge in [0.25, 0.3) is 0 Å². The van der Waals surface area contributed by atoms with Gasteiger partial charge in [-0.2, -0.15) is 13.2 Å². The van der Waals surface area contributed by atoms with Gasteiger partial charge in [0.2, 0.25) is 10.0 Å². The van der Waals surface area contributed by atoms with Crippen LogP contribution in [0, 0.1) is 0 Å². The van der Waals surface area contributed by atoms with Crippen LogP contribution in [-0.2, 0) is 16.2 Å². The number of anilines is 1. The predicted octanol–water partition coefficient (Wildman–Crippen LogP) is 3.53. The van der Waals surface area contributed by atoms with Crippen LogP contribution in [0.15, 0.2) is 48.9 Å². The van der Waals surface area contributed by atoms with Gasteiger partial charge in [-0.15, -0.1) is 0 Å². The van der Waals surface area contributed by atoms with Gasteiger partial charge in [0, 0.05) is 17.3 Å². The molecule has 0 unspecified atom stereocenters. The molecule has 0 saturated carbocycles. The molecular formula is C16H13F3N4O2S. The largest absolute Gasteiger partial charge is 0.416 e. The van der Waals surface area contributed by atoms with E-state index >= 15 is 0 Å². The molecule has 6 nitrogen and oxygen atoms in total. The van der Waals surface area contributed by atoms with E-state index in [0.29, 0.717) is 22.6 Å². The zero-order valence-corrected chi connectivity index (χ0v) is 14.2. The molecule has 0 aliphatic rings. The molecule has 2 N–H and O–H groups in total. The minimum Gasteiger partial charge on any atom is -0.338 e. The third kappa shape index (κ3) is 4.20. The molecule has 0 atom stereocenters. The smallest absolute Gasteiger partial charge is 0.338 e. The van der Waals surface area contributed by atoms with Gasteiger partial charge in [0.15, 0.2) is 0 Å². The lowest BCUT2D eigenvalue weighted by atomic mass is 10.1. The van der Waals surface area contributed by atoms with Crippen molar-refractivity contribution in [1.29, 1.82) is 0 Å². The van der Waals surface area contributed by atoms with Crippen molar-refractivity contribution in [3.8, 4) is 22.6 Å². The number of halogens is 3. The zero-order valence-electron chi connectivity index (χ0n) is 13.4. The number of hydrogen-bond acceptors (Lipinski definition) is 4. The fourth-order valence-electron chi connectivity index (χ4n) is 2.32. The van der Waals surface area contributed by atoms with Crippen LogP contribution < -0.4 is 4.72 Å². The van der Waals surface area contributed by atoms with E-state index in [-0.39, 0.29) is 5.69 Å². The highest BCUT2D eigenvalue weighted by atomic mass is 32.2. The summed E-state index contributed by atoms with van der Waals surface area (Å²) in [6.45, 7) is 0. The summed E-state index contributed by atoms with van der Waals surface area (Å²) in [6.07, 6.45) is 0.775. The Labute approximate surface area is 147 Å². The Morgan fingerprint density at radius 2 is 1.85 bits per heavy atom. The summed E-state index contributed by atoms with van der Waals surface area (Å²) in [4.78, 5) is 11.0. The number of H-pyrrole nitrogens is 1. The van der Waals surface area contributed by atoms with E-state index in [2.05, 4.69) is 19.7 Å². The molecule has 1 aromatic carbocycles. The molecule has 0 saturated heterocycles. The number of hydrogen-bond donors (Lipinski definition) is 2. The molecule has 0 aliphatic heterocycles. The lowest BCUT2D eigenvalue weighted by Gasteiger charge is -2.07. The lowest BCUT2D eigenvalue weighted by Crippen LogP contribution is -2.09. The maximum atomic E-state index is 12.8. The summed E-state index contributed by atoms with van der Waals surface area (Å²) < 4.78 is 63.4. The number of rotatable bonds is 4. The van der Waals surface area contributed by atoms with E-state index in [9.17, 15) is 21.6 Å². The summed E-state index contributed by atoms with van der Waals surface area (Å²) in [6, 6.07) is 6.38. The van der Waals surface area contributed by atoms with Gasteiger partial charge >= 0.3 is 6.18 Å². The fraction of sp³-hybridized carbons (Fsp3) is 0.125. The minimum atomic E-state index is -4.44. The zero-order chi connectivity index (χ0) is 18.9. The monoisotopic (exact) mass is 382 g/mol. The van der Waals surface area contributed by atoms with Crippen molar-refractivity contribution < 1.29 is 21.6 Å². The van der Waals surface area contributed by atoms with Gasteiger partial charge < -0.3 is 4.98 Å². The third-order valence-electron chi connectivity index (χ3n) is 3.39. The first-order valence-corrected chi connectivity index (χ1v) is 9.17. The van der Waals surface area contributed by atoms with Crippen molar-refractivity contribution in [2.24, 2.45) is 0 Å². The van der Waals surface area contributed by atoms with E-state index in [1.54, 1.807) is 0 Å². The van der Waals surface area contributed by atoms with Crippen molar-refractivity contribution in [2.45, 2.75) is 6.18 Å². The molecule has 2 heterocycles. The van der Waals surface area contributed by atoms with Gasteiger partial charge in [0.1, 0.15) is 5.82 Å². The van der Waals surface area contributed by atoms with Crippen LogP contribution >= 0.6 is 0 Å². The van der Waals surface area contributed by atoms with Gasteiger partial charge in [0.05, 0.1) is 35.6 Å². The van der Waals surface area contributed by atoms with Crippen LogP contribution in [0.2, 0.25) is 0 Å². The van der Waals surface area contributed by atoms with E-state index < -0.39 is 21.8 Å². The second-order valence-electron chi connectivity index (χ2n) is 5.56. The van der Waals surface area contributed by atoms with E-state index in [0.717, 1.165) is 18.4 Å². The SMILES string of the molecule is CS(=O)(=O)Nc1cncc(-c2ncc(-c3cccc(C(F)(F)F)c3)[nH]2)c1. The van der Waals surface area contributed by atoms with E-state index in [1.165, 1.54) is 36.8 Å². The number of alkyl halides is 3. The Balaban J connectivity index is 1.93. The first-order valence-electron chi connectivity index (χ1n) is 7.28. The number of aromatic nitrogens is 3. The maximum Gasteiger partial charge on any atom is 0.416 e. The number of pyridine rings is 1. The highest BCUT2D eigenvalue weighted by Crippen LogP contribution is 2.32.